The highest BCUT2D eigenvalue weighted by atomic mass is 32.2. The van der Waals surface area contributed by atoms with E-state index in [0.29, 0.717) is 17.8 Å². The van der Waals surface area contributed by atoms with Gasteiger partial charge in [-0.3, -0.25) is 33.7 Å². The number of aldehydes is 1. The summed E-state index contributed by atoms with van der Waals surface area (Å²) in [6.45, 7) is 6.31. The molecule has 4 aromatic carbocycles. The fourth-order valence-electron chi connectivity index (χ4n) is 7.37. The van der Waals surface area contributed by atoms with Crippen molar-refractivity contribution in [3.63, 3.8) is 0 Å². The molecule has 65 heavy (non-hydrogen) atoms. The molecule has 5 amide bonds. The largest absolute Gasteiger partial charge is 0.493 e. The van der Waals surface area contributed by atoms with Gasteiger partial charge in [0.15, 0.2) is 49.0 Å². The number of hydrogen-bond donors (Lipinski definition) is 3. The number of fused-ring (bicyclic) bond motifs is 1. The summed E-state index contributed by atoms with van der Waals surface area (Å²) in [5.41, 5.74) is 0.0620. The van der Waals surface area contributed by atoms with Crippen LogP contribution < -0.4 is 34.9 Å². The number of hydrogen-bond acceptors (Lipinski definition) is 14. The number of carbonyl (C=O) groups is 6. The minimum Gasteiger partial charge on any atom is -0.493 e. The lowest BCUT2D eigenvalue weighted by Gasteiger charge is -2.27. The van der Waals surface area contributed by atoms with Gasteiger partial charge < -0.3 is 34.9 Å². The highest BCUT2D eigenvalue weighted by Gasteiger charge is 2.44. The van der Waals surface area contributed by atoms with Crippen LogP contribution in [0, 0.1) is 0 Å². The first-order valence-electron chi connectivity index (χ1n) is 20.3. The molecule has 0 saturated heterocycles. The Morgan fingerprint density at radius 3 is 1.80 bits per heavy atom. The zero-order valence-electron chi connectivity index (χ0n) is 36.6. The summed E-state index contributed by atoms with van der Waals surface area (Å²) >= 11 is 0. The summed E-state index contributed by atoms with van der Waals surface area (Å²) in [7, 11) is -5.70. The van der Waals surface area contributed by atoms with E-state index in [-0.39, 0.29) is 69.5 Å². The zero-order valence-corrected chi connectivity index (χ0v) is 38.2. The number of methoxy groups -OCH3 is 2. The molecule has 1 aliphatic heterocycles. The van der Waals surface area contributed by atoms with Crippen molar-refractivity contribution in [2.24, 2.45) is 0 Å². The van der Waals surface area contributed by atoms with Crippen molar-refractivity contribution in [2.45, 2.75) is 46.2 Å². The maximum Gasteiger partial charge on any atom is 0.264 e. The Labute approximate surface area is 376 Å². The van der Waals surface area contributed by atoms with Gasteiger partial charge in [-0.2, -0.15) is 0 Å². The van der Waals surface area contributed by atoms with Crippen molar-refractivity contribution in [1.29, 1.82) is 0 Å². The Morgan fingerprint density at radius 2 is 1.23 bits per heavy atom. The van der Waals surface area contributed by atoms with Crippen molar-refractivity contribution in [2.75, 3.05) is 61.1 Å². The number of carbonyl (C=O) groups excluding carboxylic acids is 6. The number of imide groups is 1. The molecule has 0 saturated carbocycles. The van der Waals surface area contributed by atoms with E-state index in [1.807, 2.05) is 0 Å². The molecule has 0 spiro atoms. The van der Waals surface area contributed by atoms with Gasteiger partial charge in [0.05, 0.1) is 90.6 Å². The van der Waals surface area contributed by atoms with E-state index in [1.54, 1.807) is 13.8 Å². The Balaban J connectivity index is 1.44. The summed E-state index contributed by atoms with van der Waals surface area (Å²) in [5, 5.41) is 7.73. The molecule has 0 bridgehead atoms. The molecule has 2 unspecified atom stereocenters. The molecular weight excluding hydrogens is 885 g/mol. The molecule has 1 heterocycles. The molecule has 18 nitrogen and oxygen atoms in total. The van der Waals surface area contributed by atoms with Gasteiger partial charge in [0.2, 0.25) is 11.8 Å². The second-order valence-electron chi connectivity index (χ2n) is 14.8. The summed E-state index contributed by atoms with van der Waals surface area (Å²) in [6, 6.07) is 14.8. The molecule has 0 radical (unpaired) electrons. The van der Waals surface area contributed by atoms with Gasteiger partial charge in [-0.25, -0.2) is 16.8 Å². The Kier molecular flexibility index (Phi) is 16.1. The van der Waals surface area contributed by atoms with Crippen LogP contribution in [0.15, 0.2) is 72.8 Å². The topological polar surface area (TPSA) is 247 Å². The van der Waals surface area contributed by atoms with E-state index in [9.17, 15) is 45.6 Å². The minimum absolute atomic E-state index is 0.00702. The molecule has 0 fully saturated rings. The van der Waals surface area contributed by atoms with Crippen LogP contribution >= 0.6 is 0 Å². The third kappa shape index (κ3) is 11.9. The predicted molar refractivity (Wildman–Crippen MR) is 241 cm³/mol. The minimum atomic E-state index is -4.29. The number of nitrogens with zero attached hydrogens (tertiary/aromatic N) is 1. The number of anilines is 2. The van der Waals surface area contributed by atoms with Crippen LogP contribution in [0.1, 0.15) is 98.8 Å². The number of sulfone groups is 2. The van der Waals surface area contributed by atoms with Crippen LogP contribution in [-0.2, 0) is 29.3 Å². The van der Waals surface area contributed by atoms with E-state index in [1.165, 1.54) is 101 Å². The summed E-state index contributed by atoms with van der Waals surface area (Å²) in [6.07, 6.45) is -0.00533. The van der Waals surface area contributed by atoms with Crippen molar-refractivity contribution in [1.82, 2.24) is 10.2 Å². The van der Waals surface area contributed by atoms with Crippen LogP contribution in [0.2, 0.25) is 0 Å². The first-order chi connectivity index (χ1) is 30.9. The number of nitrogens with one attached hydrogen (secondary N) is 3. The van der Waals surface area contributed by atoms with E-state index in [4.69, 9.17) is 18.9 Å². The zero-order chi connectivity index (χ0) is 47.6. The standard InChI is InChI=1S/C45H50N4O14S2/c1-7-62-39-22-29(16-18-37(39)60-5)35(48-43(53)41-31(24-50)12-9-14-33(41)46-27(3)51)25-64(56,57)20-11-21-65(58,59)26-36(30-17-19-38(61-6)40(23-30)63-8-2)49-44(54)32-13-10-15-34(47-28(4)52)42(32)45(49)55/h9-10,12-19,22-24,35-36H,7-8,11,20-21,25-26H2,1-6H3,(H,46,51)(H,47,52)(H,48,53). The molecule has 346 valence electrons. The van der Waals surface area contributed by atoms with Gasteiger partial charge in [-0.15, -0.1) is 0 Å². The van der Waals surface area contributed by atoms with Gasteiger partial charge >= 0.3 is 0 Å². The average molecular weight is 935 g/mol. The van der Waals surface area contributed by atoms with Crippen LogP contribution in [0.3, 0.4) is 0 Å². The van der Waals surface area contributed by atoms with Crippen LogP contribution in [0.25, 0.3) is 0 Å². The van der Waals surface area contributed by atoms with Gasteiger partial charge in [0.1, 0.15) is 0 Å². The second kappa shape index (κ2) is 21.3. The second-order valence-corrected chi connectivity index (χ2v) is 19.2. The average Bonchev–Trinajstić information content (AvgIpc) is 3.50. The molecule has 0 aliphatic carbocycles. The van der Waals surface area contributed by atoms with Gasteiger partial charge in [0.25, 0.3) is 17.7 Å². The third-order valence-corrected chi connectivity index (χ3v) is 13.6. The molecule has 5 rings (SSSR count). The number of benzene rings is 4. The molecule has 20 heteroatoms. The first-order valence-corrected chi connectivity index (χ1v) is 24.0. The highest BCUT2D eigenvalue weighted by molar-refractivity contribution is 7.92. The lowest BCUT2D eigenvalue weighted by Crippen LogP contribution is -2.38. The molecule has 0 aromatic heterocycles. The van der Waals surface area contributed by atoms with Crippen molar-refractivity contribution in [3.8, 4) is 23.0 Å². The quantitative estimate of drug-likeness (QED) is 0.0697. The van der Waals surface area contributed by atoms with Crippen molar-refractivity contribution < 1.29 is 64.6 Å². The van der Waals surface area contributed by atoms with E-state index in [0.717, 1.165) is 4.90 Å². The number of amides is 5. The number of rotatable bonds is 22. The van der Waals surface area contributed by atoms with Gasteiger partial charge in [-0.1, -0.05) is 30.3 Å². The summed E-state index contributed by atoms with van der Waals surface area (Å²) in [4.78, 5) is 78.9. The van der Waals surface area contributed by atoms with Crippen LogP contribution in [0.4, 0.5) is 11.4 Å². The number of ether oxygens (including phenoxy) is 4. The monoisotopic (exact) mass is 934 g/mol. The molecule has 4 aromatic rings. The highest BCUT2D eigenvalue weighted by Crippen LogP contribution is 2.39. The molecule has 1 aliphatic rings. The van der Waals surface area contributed by atoms with E-state index < -0.39 is 90.7 Å². The fraction of sp³-hybridized carbons (Fsp3) is 0.333. The normalized spacial score (nSPS) is 13.3. The Morgan fingerprint density at radius 1 is 0.692 bits per heavy atom. The summed E-state index contributed by atoms with van der Waals surface area (Å²) < 4.78 is 78.2. The maximum absolute atomic E-state index is 14.1. The van der Waals surface area contributed by atoms with E-state index >= 15 is 0 Å². The van der Waals surface area contributed by atoms with Gasteiger partial charge in [0, 0.05) is 19.4 Å². The Hall–Kier alpha value is -6.80. The SMILES string of the molecule is CCOc1cc(C(CS(=O)(=O)CCCS(=O)(=O)CC(c2ccc(OC)c(OCC)c2)N2C(=O)c3cccc(NC(C)=O)c3C2=O)NC(=O)c2c(C=O)cccc2NC(C)=O)ccc1OC. The fourth-order valence-corrected chi connectivity index (χ4v) is 10.7. The lowest BCUT2D eigenvalue weighted by atomic mass is 10.0. The van der Waals surface area contributed by atoms with E-state index in [2.05, 4.69) is 16.0 Å². The van der Waals surface area contributed by atoms with Gasteiger partial charge in [-0.05, 0) is 73.9 Å². The van der Waals surface area contributed by atoms with Crippen molar-refractivity contribution in [3.05, 3.63) is 106 Å². The van der Waals surface area contributed by atoms with Crippen LogP contribution in [-0.4, -0.2) is 108 Å². The maximum atomic E-state index is 14.1. The first kappa shape index (κ1) is 49.2. The van der Waals surface area contributed by atoms with Crippen molar-refractivity contribution >= 4 is 66.9 Å². The predicted octanol–water partition coefficient (Wildman–Crippen LogP) is 4.96. The third-order valence-electron chi connectivity index (χ3n) is 10.1. The molecular formula is C45H50N4O14S2. The molecule has 2 atom stereocenters. The molecule has 3 N–H and O–H groups in total. The summed E-state index contributed by atoms with van der Waals surface area (Å²) in [5.74, 6) is -5.44. The lowest BCUT2D eigenvalue weighted by molar-refractivity contribution is -0.115. The smallest absolute Gasteiger partial charge is 0.264 e. The van der Waals surface area contributed by atoms with Crippen LogP contribution in [0.5, 0.6) is 23.0 Å². The Bertz CT molecular complexity index is 2720.